The van der Waals surface area contributed by atoms with Crippen LogP contribution in [0.4, 0.5) is 0 Å². The molecule has 0 bridgehead atoms. The normalized spacial score (nSPS) is 11.9. The Bertz CT molecular complexity index is 453. The molecule has 17 heavy (non-hydrogen) atoms. The van der Waals surface area contributed by atoms with E-state index in [1.165, 1.54) is 11.3 Å². The van der Waals surface area contributed by atoms with Crippen LogP contribution in [0.5, 0.6) is 0 Å². The van der Waals surface area contributed by atoms with Gasteiger partial charge in [-0.2, -0.15) is 0 Å². The summed E-state index contributed by atoms with van der Waals surface area (Å²) < 4.78 is 1.84. The Hall–Kier alpha value is -1.05. The molecule has 0 aromatic carbocycles. The van der Waals surface area contributed by atoms with Crippen LogP contribution in [-0.2, 0) is 7.05 Å². The Morgan fingerprint density at radius 2 is 1.35 bits per heavy atom. The van der Waals surface area contributed by atoms with Crippen LogP contribution in [-0.4, -0.2) is 4.57 Å². The molecule has 1 rings (SSSR count). The highest BCUT2D eigenvalue weighted by Gasteiger charge is 2.18. The maximum absolute atomic E-state index is 12.3. The Morgan fingerprint density at radius 3 is 1.71 bits per heavy atom. The van der Waals surface area contributed by atoms with Crippen molar-refractivity contribution < 1.29 is 0 Å². The van der Waals surface area contributed by atoms with Crippen LogP contribution in [0.15, 0.2) is 10.9 Å². The van der Waals surface area contributed by atoms with Crippen molar-refractivity contribution >= 4 is 0 Å². The van der Waals surface area contributed by atoms with Gasteiger partial charge in [-0.3, -0.25) is 4.79 Å². The quantitative estimate of drug-likeness (QED) is 0.782. The summed E-state index contributed by atoms with van der Waals surface area (Å²) in [5, 5.41) is 0. The summed E-state index contributed by atoms with van der Waals surface area (Å²) in [5.74, 6) is 1.12. The monoisotopic (exact) mass is 235 g/mol. The Morgan fingerprint density at radius 1 is 0.882 bits per heavy atom. The molecule has 1 aromatic rings. The van der Waals surface area contributed by atoms with Crippen molar-refractivity contribution in [3.63, 3.8) is 0 Å². The van der Waals surface area contributed by atoms with Gasteiger partial charge in [-0.1, -0.05) is 41.5 Å². The van der Waals surface area contributed by atoms with E-state index in [0.717, 1.165) is 5.56 Å². The fraction of sp³-hybridized carbons (Fsp3) is 0.667. The van der Waals surface area contributed by atoms with Gasteiger partial charge in [0.25, 0.3) is 5.56 Å². The Balaban J connectivity index is 3.63. The first-order chi connectivity index (χ1) is 7.77. The second-order valence-electron chi connectivity index (χ2n) is 5.77. The highest BCUT2D eigenvalue weighted by atomic mass is 16.1. The molecule has 2 heteroatoms. The smallest absolute Gasteiger partial charge is 0.253 e. The van der Waals surface area contributed by atoms with Crippen molar-refractivity contribution in [2.45, 2.75) is 59.3 Å². The molecule has 0 atom stereocenters. The van der Waals surface area contributed by atoms with Gasteiger partial charge < -0.3 is 4.57 Å². The highest BCUT2D eigenvalue weighted by molar-refractivity contribution is 5.32. The standard InChI is InChI=1S/C15H25NO/c1-9(2)12-8-13(10(3)4)15(17)16(7)14(12)11(5)6/h8-11H,1-7H3. The lowest BCUT2D eigenvalue weighted by Gasteiger charge is -2.22. The molecule has 1 heterocycles. The third kappa shape index (κ3) is 2.62. The van der Waals surface area contributed by atoms with Gasteiger partial charge >= 0.3 is 0 Å². The summed E-state index contributed by atoms with van der Waals surface area (Å²) in [6, 6.07) is 2.12. The summed E-state index contributed by atoms with van der Waals surface area (Å²) in [7, 11) is 1.90. The molecule has 0 saturated carbocycles. The van der Waals surface area contributed by atoms with Crippen molar-refractivity contribution in [2.75, 3.05) is 0 Å². The van der Waals surface area contributed by atoms with Crippen LogP contribution in [0.2, 0.25) is 0 Å². The summed E-state index contributed by atoms with van der Waals surface area (Å²) in [5.41, 5.74) is 3.58. The number of hydrogen-bond acceptors (Lipinski definition) is 1. The van der Waals surface area contributed by atoms with E-state index >= 15 is 0 Å². The highest BCUT2D eigenvalue weighted by Crippen LogP contribution is 2.26. The Kier molecular flexibility index (Phi) is 4.18. The topological polar surface area (TPSA) is 22.0 Å². The number of pyridine rings is 1. The minimum atomic E-state index is 0.160. The number of rotatable bonds is 3. The maximum atomic E-state index is 12.3. The number of nitrogens with zero attached hydrogens (tertiary/aromatic N) is 1. The zero-order chi connectivity index (χ0) is 13.3. The molecule has 0 unspecified atom stereocenters. The zero-order valence-electron chi connectivity index (χ0n) is 12.2. The van der Waals surface area contributed by atoms with Gasteiger partial charge in [0.2, 0.25) is 0 Å². The summed E-state index contributed by atoms with van der Waals surface area (Å²) in [4.78, 5) is 12.3. The van der Waals surface area contributed by atoms with E-state index in [0.29, 0.717) is 11.8 Å². The molecule has 0 radical (unpaired) electrons. The molecule has 96 valence electrons. The third-order valence-corrected chi connectivity index (χ3v) is 3.31. The first-order valence-electron chi connectivity index (χ1n) is 6.51. The van der Waals surface area contributed by atoms with E-state index in [1.54, 1.807) is 0 Å². The molecular weight excluding hydrogens is 210 g/mol. The second-order valence-corrected chi connectivity index (χ2v) is 5.77. The minimum absolute atomic E-state index is 0.160. The van der Waals surface area contributed by atoms with Crippen LogP contribution in [0.1, 0.15) is 76.1 Å². The predicted molar refractivity (Wildman–Crippen MR) is 74.0 cm³/mol. The van der Waals surface area contributed by atoms with Gasteiger partial charge in [0.15, 0.2) is 0 Å². The minimum Gasteiger partial charge on any atom is -0.315 e. The van der Waals surface area contributed by atoms with Gasteiger partial charge in [-0.25, -0.2) is 0 Å². The molecule has 0 aliphatic heterocycles. The molecule has 1 aromatic heterocycles. The van der Waals surface area contributed by atoms with Crippen molar-refractivity contribution in [3.8, 4) is 0 Å². The summed E-state index contributed by atoms with van der Waals surface area (Å²) in [6.45, 7) is 12.8. The average molecular weight is 235 g/mol. The fourth-order valence-corrected chi connectivity index (χ4v) is 2.40. The van der Waals surface area contributed by atoms with E-state index in [9.17, 15) is 4.79 Å². The van der Waals surface area contributed by atoms with Crippen molar-refractivity contribution in [3.05, 3.63) is 33.2 Å². The summed E-state index contributed by atoms with van der Waals surface area (Å²) in [6.07, 6.45) is 0. The Labute approximate surface area is 105 Å². The largest absolute Gasteiger partial charge is 0.315 e. The van der Waals surface area contributed by atoms with Crippen molar-refractivity contribution in [1.29, 1.82) is 0 Å². The van der Waals surface area contributed by atoms with E-state index < -0.39 is 0 Å². The van der Waals surface area contributed by atoms with Crippen LogP contribution in [0, 0.1) is 0 Å². The molecular formula is C15H25NO. The molecule has 0 saturated heterocycles. The molecule has 0 aliphatic carbocycles. The second kappa shape index (κ2) is 5.07. The first kappa shape index (κ1) is 14.0. The van der Waals surface area contributed by atoms with Crippen LogP contribution in [0.3, 0.4) is 0 Å². The molecule has 0 N–H and O–H groups in total. The average Bonchev–Trinajstić information content (AvgIpc) is 2.19. The molecule has 2 nitrogen and oxygen atoms in total. The number of aromatic nitrogens is 1. The van der Waals surface area contributed by atoms with Gasteiger partial charge in [0, 0.05) is 18.3 Å². The lowest BCUT2D eigenvalue weighted by atomic mass is 9.91. The molecule has 0 aliphatic rings. The van der Waals surface area contributed by atoms with Crippen molar-refractivity contribution in [1.82, 2.24) is 4.57 Å². The van der Waals surface area contributed by atoms with E-state index in [2.05, 4.69) is 47.6 Å². The van der Waals surface area contributed by atoms with E-state index in [1.807, 2.05) is 11.6 Å². The molecule has 0 amide bonds. The lowest BCUT2D eigenvalue weighted by molar-refractivity contribution is 0.654. The maximum Gasteiger partial charge on any atom is 0.253 e. The number of hydrogen-bond donors (Lipinski definition) is 0. The molecule has 0 spiro atoms. The zero-order valence-corrected chi connectivity index (χ0v) is 12.2. The van der Waals surface area contributed by atoms with Gasteiger partial charge in [-0.15, -0.1) is 0 Å². The lowest BCUT2D eigenvalue weighted by Crippen LogP contribution is -2.27. The predicted octanol–water partition coefficient (Wildman–Crippen LogP) is 3.76. The summed E-state index contributed by atoms with van der Waals surface area (Å²) >= 11 is 0. The SMILES string of the molecule is CC(C)c1cc(C(C)C)c(=O)n(C)c1C(C)C. The first-order valence-corrected chi connectivity index (χ1v) is 6.51. The van der Waals surface area contributed by atoms with Gasteiger partial charge in [0.05, 0.1) is 0 Å². The van der Waals surface area contributed by atoms with Gasteiger partial charge in [-0.05, 0) is 29.4 Å². The third-order valence-electron chi connectivity index (χ3n) is 3.31. The van der Waals surface area contributed by atoms with Gasteiger partial charge in [0.1, 0.15) is 0 Å². The van der Waals surface area contributed by atoms with Crippen molar-refractivity contribution in [2.24, 2.45) is 7.05 Å². The van der Waals surface area contributed by atoms with Crippen LogP contribution < -0.4 is 5.56 Å². The molecule has 0 fully saturated rings. The van der Waals surface area contributed by atoms with E-state index in [-0.39, 0.29) is 11.5 Å². The fourth-order valence-electron chi connectivity index (χ4n) is 2.40. The van der Waals surface area contributed by atoms with Crippen LogP contribution in [0.25, 0.3) is 0 Å². The van der Waals surface area contributed by atoms with Crippen LogP contribution >= 0.6 is 0 Å². The van der Waals surface area contributed by atoms with E-state index in [4.69, 9.17) is 0 Å².